The highest BCUT2D eigenvalue weighted by atomic mass is 32.1. The van der Waals surface area contributed by atoms with Gasteiger partial charge in [0.05, 0.1) is 0 Å². The standard InChI is InChI=1S/C9H12N2O2S/c12-9(7-1-2-8(14)13-7)11-5-3-10-4-6-11/h1-2,10,14H,3-6H2. The van der Waals surface area contributed by atoms with Crippen LogP contribution in [0, 0.1) is 0 Å². The molecule has 1 saturated heterocycles. The first-order valence-electron chi connectivity index (χ1n) is 4.56. The highest BCUT2D eigenvalue weighted by Gasteiger charge is 2.20. The van der Waals surface area contributed by atoms with Crippen LogP contribution >= 0.6 is 12.6 Å². The molecule has 2 rings (SSSR count). The van der Waals surface area contributed by atoms with E-state index in [2.05, 4.69) is 17.9 Å². The molecule has 2 heterocycles. The van der Waals surface area contributed by atoms with Crippen LogP contribution in [-0.2, 0) is 0 Å². The number of hydrogen-bond donors (Lipinski definition) is 2. The maximum absolute atomic E-state index is 11.8. The molecule has 0 atom stereocenters. The molecule has 1 aromatic rings. The van der Waals surface area contributed by atoms with Crippen LogP contribution < -0.4 is 5.32 Å². The summed E-state index contributed by atoms with van der Waals surface area (Å²) in [6.07, 6.45) is 0. The maximum atomic E-state index is 11.8. The Morgan fingerprint density at radius 2 is 2.14 bits per heavy atom. The minimum atomic E-state index is -0.0493. The molecule has 1 aromatic heterocycles. The molecular weight excluding hydrogens is 200 g/mol. The smallest absolute Gasteiger partial charge is 0.289 e. The van der Waals surface area contributed by atoms with E-state index in [-0.39, 0.29) is 5.91 Å². The van der Waals surface area contributed by atoms with Gasteiger partial charge in [0.25, 0.3) is 5.91 Å². The molecule has 1 amide bonds. The Morgan fingerprint density at radius 1 is 1.43 bits per heavy atom. The third kappa shape index (κ3) is 1.93. The Kier molecular flexibility index (Phi) is 2.79. The van der Waals surface area contributed by atoms with Crippen molar-refractivity contribution < 1.29 is 9.21 Å². The fourth-order valence-electron chi connectivity index (χ4n) is 1.47. The number of hydrogen-bond acceptors (Lipinski definition) is 4. The molecule has 0 aromatic carbocycles. The van der Waals surface area contributed by atoms with Gasteiger partial charge in [0.15, 0.2) is 10.9 Å². The SMILES string of the molecule is O=C(c1ccc(S)o1)N1CCNCC1. The molecule has 1 aliphatic heterocycles. The summed E-state index contributed by atoms with van der Waals surface area (Å²) in [4.78, 5) is 13.6. The van der Waals surface area contributed by atoms with E-state index >= 15 is 0 Å². The molecular formula is C9H12N2O2S. The van der Waals surface area contributed by atoms with Crippen LogP contribution in [0.3, 0.4) is 0 Å². The Bertz CT molecular complexity index is 331. The number of carbonyl (C=O) groups excluding carboxylic acids is 1. The number of nitrogens with one attached hydrogen (secondary N) is 1. The van der Waals surface area contributed by atoms with Crippen molar-refractivity contribution >= 4 is 18.5 Å². The van der Waals surface area contributed by atoms with Gasteiger partial charge in [-0.25, -0.2) is 0 Å². The van der Waals surface area contributed by atoms with Gasteiger partial charge in [-0.2, -0.15) is 0 Å². The third-order valence-electron chi connectivity index (χ3n) is 2.21. The Morgan fingerprint density at radius 3 is 2.71 bits per heavy atom. The number of rotatable bonds is 1. The monoisotopic (exact) mass is 212 g/mol. The quantitative estimate of drug-likeness (QED) is 0.671. The number of nitrogens with zero attached hydrogens (tertiary/aromatic N) is 1. The summed E-state index contributed by atoms with van der Waals surface area (Å²) in [5.41, 5.74) is 0. The molecule has 5 heteroatoms. The van der Waals surface area contributed by atoms with Crippen molar-refractivity contribution in [3.05, 3.63) is 17.9 Å². The van der Waals surface area contributed by atoms with E-state index in [0.29, 0.717) is 10.9 Å². The summed E-state index contributed by atoms with van der Waals surface area (Å²) < 4.78 is 5.15. The summed E-state index contributed by atoms with van der Waals surface area (Å²) in [5.74, 6) is 0.323. The Balaban J connectivity index is 2.07. The average molecular weight is 212 g/mol. The predicted molar refractivity (Wildman–Crippen MR) is 54.7 cm³/mol. The van der Waals surface area contributed by atoms with E-state index in [1.165, 1.54) is 0 Å². The number of amides is 1. The van der Waals surface area contributed by atoms with Crippen molar-refractivity contribution in [2.45, 2.75) is 5.09 Å². The molecule has 0 bridgehead atoms. The van der Waals surface area contributed by atoms with E-state index in [0.717, 1.165) is 26.2 Å². The first-order valence-corrected chi connectivity index (χ1v) is 5.01. The fourth-order valence-corrected chi connectivity index (χ4v) is 1.64. The van der Waals surface area contributed by atoms with Gasteiger partial charge in [-0.1, -0.05) is 0 Å². The molecule has 4 nitrogen and oxygen atoms in total. The van der Waals surface area contributed by atoms with Gasteiger partial charge in [-0.15, -0.1) is 12.6 Å². The topological polar surface area (TPSA) is 45.5 Å². The van der Waals surface area contributed by atoms with Crippen molar-refractivity contribution in [3.63, 3.8) is 0 Å². The van der Waals surface area contributed by atoms with E-state index in [9.17, 15) is 4.79 Å². The molecule has 0 spiro atoms. The number of thiol groups is 1. The number of piperazine rings is 1. The molecule has 0 unspecified atom stereocenters. The van der Waals surface area contributed by atoms with E-state index in [1.54, 1.807) is 17.0 Å². The zero-order valence-corrected chi connectivity index (χ0v) is 8.59. The lowest BCUT2D eigenvalue weighted by molar-refractivity contribution is 0.0698. The van der Waals surface area contributed by atoms with Crippen molar-refractivity contribution in [1.29, 1.82) is 0 Å². The Hall–Kier alpha value is -0.940. The lowest BCUT2D eigenvalue weighted by Gasteiger charge is -2.26. The van der Waals surface area contributed by atoms with E-state index < -0.39 is 0 Å². The molecule has 0 saturated carbocycles. The first-order chi connectivity index (χ1) is 6.77. The van der Waals surface area contributed by atoms with Crippen molar-refractivity contribution in [1.82, 2.24) is 10.2 Å². The van der Waals surface area contributed by atoms with Crippen LogP contribution in [0.4, 0.5) is 0 Å². The summed E-state index contributed by atoms with van der Waals surface area (Å²) in [6.45, 7) is 3.17. The number of carbonyl (C=O) groups is 1. The molecule has 14 heavy (non-hydrogen) atoms. The van der Waals surface area contributed by atoms with E-state index in [1.807, 2.05) is 0 Å². The highest BCUT2D eigenvalue weighted by molar-refractivity contribution is 7.80. The normalized spacial score (nSPS) is 17.1. The van der Waals surface area contributed by atoms with Crippen LogP contribution in [-0.4, -0.2) is 37.0 Å². The largest absolute Gasteiger partial charge is 0.445 e. The summed E-state index contributed by atoms with van der Waals surface area (Å²) in [6, 6.07) is 3.34. The lowest BCUT2D eigenvalue weighted by atomic mass is 10.3. The van der Waals surface area contributed by atoms with E-state index in [4.69, 9.17) is 4.42 Å². The van der Waals surface area contributed by atoms with Crippen LogP contribution in [0.15, 0.2) is 21.6 Å². The van der Waals surface area contributed by atoms with Gasteiger partial charge in [0, 0.05) is 26.2 Å². The fraction of sp³-hybridized carbons (Fsp3) is 0.444. The van der Waals surface area contributed by atoms with Gasteiger partial charge in [0.1, 0.15) is 0 Å². The minimum Gasteiger partial charge on any atom is -0.445 e. The molecule has 0 aliphatic carbocycles. The first kappa shape index (κ1) is 9.61. The zero-order valence-electron chi connectivity index (χ0n) is 7.69. The number of furan rings is 1. The van der Waals surface area contributed by atoms with Gasteiger partial charge in [-0.3, -0.25) is 4.79 Å². The zero-order chi connectivity index (χ0) is 9.97. The van der Waals surface area contributed by atoms with Crippen LogP contribution in [0.25, 0.3) is 0 Å². The van der Waals surface area contributed by atoms with Gasteiger partial charge in [-0.05, 0) is 12.1 Å². The van der Waals surface area contributed by atoms with Gasteiger partial charge in [0.2, 0.25) is 0 Å². The molecule has 1 N–H and O–H groups in total. The highest BCUT2D eigenvalue weighted by Crippen LogP contribution is 2.13. The summed E-state index contributed by atoms with van der Waals surface area (Å²) in [7, 11) is 0. The molecule has 0 radical (unpaired) electrons. The van der Waals surface area contributed by atoms with Crippen LogP contribution in [0.1, 0.15) is 10.6 Å². The van der Waals surface area contributed by atoms with Crippen LogP contribution in [0.2, 0.25) is 0 Å². The second-order valence-electron chi connectivity index (χ2n) is 3.18. The second kappa shape index (κ2) is 4.06. The predicted octanol–water partition coefficient (Wildman–Crippen LogP) is 0.614. The Labute approximate surface area is 87.7 Å². The minimum absolute atomic E-state index is 0.0493. The van der Waals surface area contributed by atoms with Gasteiger partial charge >= 0.3 is 0 Å². The van der Waals surface area contributed by atoms with Gasteiger partial charge < -0.3 is 14.6 Å². The van der Waals surface area contributed by atoms with Crippen molar-refractivity contribution in [3.8, 4) is 0 Å². The van der Waals surface area contributed by atoms with Crippen molar-refractivity contribution in [2.75, 3.05) is 26.2 Å². The van der Waals surface area contributed by atoms with Crippen LogP contribution in [0.5, 0.6) is 0 Å². The molecule has 1 fully saturated rings. The second-order valence-corrected chi connectivity index (χ2v) is 3.62. The third-order valence-corrected chi connectivity index (χ3v) is 2.45. The average Bonchev–Trinajstić information content (AvgIpc) is 2.65. The maximum Gasteiger partial charge on any atom is 0.289 e. The lowest BCUT2D eigenvalue weighted by Crippen LogP contribution is -2.46. The van der Waals surface area contributed by atoms with Crippen molar-refractivity contribution in [2.24, 2.45) is 0 Å². The molecule has 76 valence electrons. The molecule has 1 aliphatic rings. The summed E-state index contributed by atoms with van der Waals surface area (Å²) >= 11 is 4.01. The summed E-state index contributed by atoms with van der Waals surface area (Å²) in [5, 5.41) is 3.66.